The molecule has 4 rings (SSSR count). The van der Waals surface area contributed by atoms with E-state index in [1.165, 1.54) is 19.2 Å². The summed E-state index contributed by atoms with van der Waals surface area (Å²) in [4.78, 5) is 9.73. The van der Waals surface area contributed by atoms with E-state index < -0.39 is 10.0 Å². The van der Waals surface area contributed by atoms with Gasteiger partial charge in [-0.3, -0.25) is 0 Å². The molecule has 9 heteroatoms. The number of nitrogens with one attached hydrogen (secondary N) is 2. The van der Waals surface area contributed by atoms with Crippen LogP contribution >= 0.6 is 0 Å². The van der Waals surface area contributed by atoms with Crippen LogP contribution in [0.1, 0.15) is 0 Å². The number of aromatic amines is 1. The Hall–Kier alpha value is -3.14. The first-order chi connectivity index (χ1) is 14.8. The van der Waals surface area contributed by atoms with Crippen molar-refractivity contribution in [2.45, 2.75) is 4.90 Å². The minimum Gasteiger partial charge on any atom is -0.494 e. The molecule has 3 N–H and O–H groups in total. The van der Waals surface area contributed by atoms with Gasteiger partial charge in [-0.15, -0.1) is 0 Å². The second-order valence-corrected chi connectivity index (χ2v) is 9.35. The van der Waals surface area contributed by atoms with Crippen LogP contribution in [0.4, 0.5) is 0 Å². The minimum atomic E-state index is -3.61. The smallest absolute Gasteiger partial charge is 0.240 e. The summed E-state index contributed by atoms with van der Waals surface area (Å²) in [6.45, 7) is 1.41. The fraction of sp³-hybridized carbons (Fsp3) is 0.227. The van der Waals surface area contributed by atoms with Gasteiger partial charge in [-0.05, 0) is 63.6 Å². The lowest BCUT2D eigenvalue weighted by Crippen LogP contribution is -2.19. The summed E-state index contributed by atoms with van der Waals surface area (Å²) in [7, 11) is 1.73. The molecule has 0 spiro atoms. The third-order valence-electron chi connectivity index (χ3n) is 5.05. The number of nitrogens with zero attached hydrogens (tertiary/aromatic N) is 2. The van der Waals surface area contributed by atoms with E-state index in [4.69, 9.17) is 4.74 Å². The summed E-state index contributed by atoms with van der Waals surface area (Å²) >= 11 is 0. The fourth-order valence-electron chi connectivity index (χ4n) is 3.38. The molecule has 2 aromatic heterocycles. The quantitative estimate of drug-likeness (QED) is 0.408. The standard InChI is InChI=1S/C22H24N4O4S/c1-23-31(28,29)16-6-9-19-17(13-16)21(22(27)25-19)20-7-4-14-12-15(5-8-18(14)24-20)30-11-10-26(2)3/h4-9,12-13,23,25,27H,10-11H2,1-3H3. The Morgan fingerprint density at radius 2 is 1.94 bits per heavy atom. The fourth-order valence-corrected chi connectivity index (χ4v) is 4.14. The van der Waals surface area contributed by atoms with E-state index in [1.807, 2.05) is 38.4 Å². The Morgan fingerprint density at radius 3 is 2.68 bits per heavy atom. The Kier molecular flexibility index (Phi) is 5.57. The largest absolute Gasteiger partial charge is 0.494 e. The van der Waals surface area contributed by atoms with Crippen LogP contribution in [-0.2, 0) is 10.0 Å². The Balaban J connectivity index is 1.74. The number of aromatic nitrogens is 2. The van der Waals surface area contributed by atoms with E-state index in [-0.39, 0.29) is 10.8 Å². The topological polar surface area (TPSA) is 108 Å². The minimum absolute atomic E-state index is 0.0653. The van der Waals surface area contributed by atoms with Gasteiger partial charge in [-0.1, -0.05) is 6.07 Å². The van der Waals surface area contributed by atoms with Crippen LogP contribution in [0.3, 0.4) is 0 Å². The van der Waals surface area contributed by atoms with Crippen LogP contribution in [-0.4, -0.2) is 62.7 Å². The van der Waals surface area contributed by atoms with E-state index >= 15 is 0 Å². The van der Waals surface area contributed by atoms with Gasteiger partial charge in [0.25, 0.3) is 0 Å². The molecule has 0 aliphatic rings. The van der Waals surface area contributed by atoms with Gasteiger partial charge >= 0.3 is 0 Å². The molecular weight excluding hydrogens is 416 g/mol. The van der Waals surface area contributed by atoms with Crippen molar-refractivity contribution >= 4 is 31.8 Å². The summed E-state index contributed by atoms with van der Waals surface area (Å²) in [6, 6.07) is 14.0. The molecule has 31 heavy (non-hydrogen) atoms. The van der Waals surface area contributed by atoms with E-state index in [0.717, 1.165) is 23.2 Å². The lowest BCUT2D eigenvalue weighted by molar-refractivity contribution is 0.261. The maximum Gasteiger partial charge on any atom is 0.240 e. The number of hydrogen-bond acceptors (Lipinski definition) is 6. The molecule has 4 aromatic rings. The molecule has 0 amide bonds. The van der Waals surface area contributed by atoms with Crippen molar-refractivity contribution in [1.29, 1.82) is 0 Å². The number of fused-ring (bicyclic) bond motifs is 2. The van der Waals surface area contributed by atoms with Crippen molar-refractivity contribution in [1.82, 2.24) is 19.6 Å². The van der Waals surface area contributed by atoms with Gasteiger partial charge in [0, 0.05) is 22.8 Å². The molecule has 0 unspecified atom stereocenters. The van der Waals surface area contributed by atoms with Crippen LogP contribution in [0.2, 0.25) is 0 Å². The number of benzene rings is 2. The summed E-state index contributed by atoms with van der Waals surface area (Å²) in [6.07, 6.45) is 0. The number of ether oxygens (including phenoxy) is 1. The lowest BCUT2D eigenvalue weighted by Gasteiger charge is -2.11. The average Bonchev–Trinajstić information content (AvgIpc) is 3.08. The number of aromatic hydroxyl groups is 1. The van der Waals surface area contributed by atoms with Gasteiger partial charge in [0.15, 0.2) is 5.88 Å². The van der Waals surface area contributed by atoms with Crippen molar-refractivity contribution in [3.05, 3.63) is 48.5 Å². The van der Waals surface area contributed by atoms with Crippen molar-refractivity contribution in [3.63, 3.8) is 0 Å². The van der Waals surface area contributed by atoms with E-state index in [1.54, 1.807) is 12.1 Å². The SMILES string of the molecule is CNS(=O)(=O)c1ccc2[nH]c(O)c(-c3ccc4cc(OCCN(C)C)ccc4n3)c2c1. The van der Waals surface area contributed by atoms with Crippen molar-refractivity contribution in [2.75, 3.05) is 34.3 Å². The zero-order valence-electron chi connectivity index (χ0n) is 17.5. The highest BCUT2D eigenvalue weighted by atomic mass is 32.2. The first kappa shape index (κ1) is 21.1. The van der Waals surface area contributed by atoms with Crippen LogP contribution < -0.4 is 9.46 Å². The Labute approximate surface area is 180 Å². The number of likely N-dealkylation sites (N-methyl/N-ethyl adjacent to an activating group) is 1. The number of hydrogen-bond donors (Lipinski definition) is 3. The molecule has 0 fully saturated rings. The maximum absolute atomic E-state index is 12.2. The molecule has 2 heterocycles. The molecule has 0 aliphatic carbocycles. The van der Waals surface area contributed by atoms with Crippen molar-refractivity contribution < 1.29 is 18.3 Å². The number of sulfonamides is 1. The third kappa shape index (κ3) is 4.20. The zero-order chi connectivity index (χ0) is 22.2. The molecule has 0 atom stereocenters. The van der Waals surface area contributed by atoms with E-state index in [2.05, 4.69) is 19.6 Å². The second-order valence-electron chi connectivity index (χ2n) is 7.47. The molecule has 0 saturated heterocycles. The highest BCUT2D eigenvalue weighted by Crippen LogP contribution is 2.37. The van der Waals surface area contributed by atoms with E-state index in [9.17, 15) is 13.5 Å². The molecule has 0 radical (unpaired) electrons. The maximum atomic E-state index is 12.2. The lowest BCUT2D eigenvalue weighted by atomic mass is 10.1. The van der Waals surface area contributed by atoms with Crippen LogP contribution in [0, 0.1) is 0 Å². The summed E-state index contributed by atoms with van der Waals surface area (Å²) in [5, 5.41) is 12.0. The first-order valence-corrected chi connectivity index (χ1v) is 11.2. The summed E-state index contributed by atoms with van der Waals surface area (Å²) < 4.78 is 32.5. The van der Waals surface area contributed by atoms with Gasteiger partial charge in [0.2, 0.25) is 10.0 Å². The monoisotopic (exact) mass is 440 g/mol. The molecule has 162 valence electrons. The van der Waals surface area contributed by atoms with Crippen molar-refractivity contribution in [3.8, 4) is 22.9 Å². The third-order valence-corrected chi connectivity index (χ3v) is 6.47. The van der Waals surface area contributed by atoms with Crippen LogP contribution in [0.15, 0.2) is 53.4 Å². The highest BCUT2D eigenvalue weighted by molar-refractivity contribution is 7.89. The highest BCUT2D eigenvalue weighted by Gasteiger charge is 2.18. The molecule has 8 nitrogen and oxygen atoms in total. The number of rotatable bonds is 7. The predicted molar refractivity (Wildman–Crippen MR) is 121 cm³/mol. The molecule has 2 aromatic carbocycles. The van der Waals surface area contributed by atoms with Gasteiger partial charge in [0.05, 0.1) is 21.7 Å². The normalized spacial score (nSPS) is 12.1. The summed E-state index contributed by atoms with van der Waals surface area (Å²) in [5.41, 5.74) is 2.35. The Bertz CT molecular complexity index is 1360. The predicted octanol–water partition coefficient (Wildman–Crippen LogP) is 2.94. The molecule has 0 saturated carbocycles. The van der Waals surface area contributed by atoms with Crippen LogP contribution in [0.25, 0.3) is 33.1 Å². The van der Waals surface area contributed by atoms with Crippen molar-refractivity contribution in [2.24, 2.45) is 0 Å². The number of H-pyrrole nitrogens is 1. The van der Waals surface area contributed by atoms with E-state index in [0.29, 0.717) is 28.8 Å². The van der Waals surface area contributed by atoms with Gasteiger partial charge in [-0.2, -0.15) is 0 Å². The first-order valence-electron chi connectivity index (χ1n) is 9.75. The molecule has 0 bridgehead atoms. The second kappa shape index (κ2) is 8.18. The van der Waals surface area contributed by atoms with Gasteiger partial charge in [-0.25, -0.2) is 18.1 Å². The van der Waals surface area contributed by atoms with Crippen LogP contribution in [0.5, 0.6) is 11.6 Å². The van der Waals surface area contributed by atoms with Gasteiger partial charge in [0.1, 0.15) is 12.4 Å². The molecule has 0 aliphatic heterocycles. The summed E-state index contributed by atoms with van der Waals surface area (Å²) in [5.74, 6) is 0.699. The average molecular weight is 441 g/mol. The van der Waals surface area contributed by atoms with Gasteiger partial charge < -0.3 is 19.7 Å². The Morgan fingerprint density at radius 1 is 1.13 bits per heavy atom. The molecular formula is C22H24N4O4S. The zero-order valence-corrected chi connectivity index (χ0v) is 18.3. The number of pyridine rings is 1.